The molecule has 17 heavy (non-hydrogen) atoms. The van der Waals surface area contributed by atoms with Crippen LogP contribution in [0.4, 0.5) is 4.79 Å². The fourth-order valence-electron chi connectivity index (χ4n) is 3.21. The number of carboxylic acid groups (broad SMARTS) is 1. The van der Waals surface area contributed by atoms with Gasteiger partial charge in [0.2, 0.25) is 0 Å². The van der Waals surface area contributed by atoms with Crippen molar-refractivity contribution in [2.45, 2.75) is 25.4 Å². The lowest BCUT2D eigenvalue weighted by atomic mass is 9.90. The minimum Gasteiger partial charge on any atom is -0.450 e. The third-order valence-electron chi connectivity index (χ3n) is 4.20. The molecule has 0 aromatic heterocycles. The third-order valence-corrected chi connectivity index (χ3v) is 4.20. The average Bonchev–Trinajstić information content (AvgIpc) is 2.62. The van der Waals surface area contributed by atoms with Crippen LogP contribution >= 0.6 is 0 Å². The maximum atomic E-state index is 10.7. The fourth-order valence-corrected chi connectivity index (χ4v) is 3.21. The standard InChI is InChI=1S/C14H14O3/c1-13(2)11(17-12(15)16)14(13)8-7-9-5-3-4-6-10(9)14/h3-8,11H,1-2H3,(H,15,16). The first-order valence-corrected chi connectivity index (χ1v) is 5.68. The van der Waals surface area contributed by atoms with Gasteiger partial charge in [0.05, 0.1) is 5.41 Å². The fraction of sp³-hybridized carbons (Fsp3) is 0.357. The summed E-state index contributed by atoms with van der Waals surface area (Å²) in [6.45, 7) is 4.10. The van der Waals surface area contributed by atoms with Gasteiger partial charge in [0.25, 0.3) is 0 Å². The zero-order chi connectivity index (χ0) is 12.3. The second-order valence-electron chi connectivity index (χ2n) is 5.28. The predicted molar refractivity (Wildman–Crippen MR) is 63.8 cm³/mol. The van der Waals surface area contributed by atoms with E-state index in [4.69, 9.17) is 9.84 Å². The number of hydrogen-bond donors (Lipinski definition) is 1. The lowest BCUT2D eigenvalue weighted by Crippen LogP contribution is -2.13. The lowest BCUT2D eigenvalue weighted by Gasteiger charge is -2.12. The molecule has 3 heteroatoms. The van der Waals surface area contributed by atoms with Gasteiger partial charge in [-0.05, 0) is 11.1 Å². The lowest BCUT2D eigenvalue weighted by molar-refractivity contribution is 0.0721. The molecule has 2 atom stereocenters. The molecule has 0 saturated heterocycles. The molecule has 1 saturated carbocycles. The molecule has 2 unspecified atom stereocenters. The molecule has 1 aromatic rings. The summed E-state index contributed by atoms with van der Waals surface area (Å²) in [5, 5.41) is 8.80. The van der Waals surface area contributed by atoms with E-state index in [-0.39, 0.29) is 16.9 Å². The highest BCUT2D eigenvalue weighted by atomic mass is 16.7. The Balaban J connectivity index is 2.06. The van der Waals surface area contributed by atoms with Crippen LogP contribution in [0.5, 0.6) is 0 Å². The van der Waals surface area contributed by atoms with Gasteiger partial charge in [0.1, 0.15) is 6.10 Å². The number of hydrogen-bond acceptors (Lipinski definition) is 2. The van der Waals surface area contributed by atoms with Crippen molar-refractivity contribution in [1.82, 2.24) is 0 Å². The molecular weight excluding hydrogens is 216 g/mol. The molecule has 2 aliphatic rings. The van der Waals surface area contributed by atoms with Crippen LogP contribution in [-0.2, 0) is 10.2 Å². The van der Waals surface area contributed by atoms with Gasteiger partial charge in [-0.1, -0.05) is 50.3 Å². The van der Waals surface area contributed by atoms with Gasteiger partial charge in [0, 0.05) is 5.41 Å². The number of benzene rings is 1. The summed E-state index contributed by atoms with van der Waals surface area (Å²) in [4.78, 5) is 10.7. The van der Waals surface area contributed by atoms with Gasteiger partial charge >= 0.3 is 6.16 Å². The largest absolute Gasteiger partial charge is 0.506 e. The summed E-state index contributed by atoms with van der Waals surface area (Å²) in [5.74, 6) is 0. The van der Waals surface area contributed by atoms with Crippen LogP contribution < -0.4 is 0 Å². The summed E-state index contributed by atoms with van der Waals surface area (Å²) < 4.78 is 5.04. The highest BCUT2D eigenvalue weighted by molar-refractivity contribution is 5.72. The first-order valence-electron chi connectivity index (χ1n) is 5.68. The van der Waals surface area contributed by atoms with Gasteiger partial charge < -0.3 is 9.84 Å². The predicted octanol–water partition coefficient (Wildman–Crippen LogP) is 3.05. The highest BCUT2D eigenvalue weighted by Gasteiger charge is 2.74. The summed E-state index contributed by atoms with van der Waals surface area (Å²) in [5.41, 5.74) is 1.91. The molecule has 2 aliphatic carbocycles. The van der Waals surface area contributed by atoms with Crippen LogP contribution in [0.25, 0.3) is 6.08 Å². The van der Waals surface area contributed by atoms with E-state index in [2.05, 4.69) is 18.2 Å². The summed E-state index contributed by atoms with van der Waals surface area (Å²) in [6, 6.07) is 8.08. The van der Waals surface area contributed by atoms with E-state index < -0.39 is 6.16 Å². The van der Waals surface area contributed by atoms with E-state index >= 15 is 0 Å². The van der Waals surface area contributed by atoms with E-state index in [0.717, 1.165) is 5.56 Å². The Bertz CT molecular complexity index is 530. The first-order chi connectivity index (χ1) is 8.00. The van der Waals surface area contributed by atoms with Crippen LogP contribution in [0.15, 0.2) is 30.3 Å². The monoisotopic (exact) mass is 230 g/mol. The van der Waals surface area contributed by atoms with Crippen molar-refractivity contribution in [3.05, 3.63) is 41.5 Å². The van der Waals surface area contributed by atoms with Crippen molar-refractivity contribution in [3.8, 4) is 0 Å². The Hall–Kier alpha value is -1.77. The Morgan fingerprint density at radius 3 is 2.76 bits per heavy atom. The molecule has 1 fully saturated rings. The van der Waals surface area contributed by atoms with Crippen LogP contribution in [0.3, 0.4) is 0 Å². The van der Waals surface area contributed by atoms with Crippen LogP contribution in [-0.4, -0.2) is 17.4 Å². The van der Waals surface area contributed by atoms with E-state index in [1.807, 2.05) is 32.0 Å². The molecule has 1 spiro atoms. The number of ether oxygens (including phenoxy) is 1. The molecule has 0 radical (unpaired) electrons. The minimum absolute atomic E-state index is 0.172. The second kappa shape index (κ2) is 2.92. The normalized spacial score (nSPS) is 31.3. The van der Waals surface area contributed by atoms with Crippen molar-refractivity contribution < 1.29 is 14.6 Å². The molecule has 0 bridgehead atoms. The van der Waals surface area contributed by atoms with Gasteiger partial charge in [-0.25, -0.2) is 4.79 Å². The smallest absolute Gasteiger partial charge is 0.450 e. The maximum absolute atomic E-state index is 10.7. The molecule has 1 aromatic carbocycles. The highest BCUT2D eigenvalue weighted by Crippen LogP contribution is 2.69. The Labute approximate surface area is 99.7 Å². The molecule has 88 valence electrons. The van der Waals surface area contributed by atoms with E-state index in [1.165, 1.54) is 5.56 Å². The summed E-state index contributed by atoms with van der Waals surface area (Å²) >= 11 is 0. The Kier molecular flexibility index (Phi) is 1.78. The number of carbonyl (C=O) groups is 1. The average molecular weight is 230 g/mol. The Morgan fingerprint density at radius 2 is 2.06 bits per heavy atom. The SMILES string of the molecule is CC1(C)C(OC(=O)O)C12C=Cc1ccccc12. The Morgan fingerprint density at radius 1 is 1.35 bits per heavy atom. The van der Waals surface area contributed by atoms with Gasteiger partial charge in [-0.15, -0.1) is 0 Å². The van der Waals surface area contributed by atoms with Crippen molar-refractivity contribution in [2.24, 2.45) is 5.41 Å². The molecular formula is C14H14O3. The third kappa shape index (κ3) is 1.09. The van der Waals surface area contributed by atoms with Crippen LogP contribution in [0, 0.1) is 5.41 Å². The zero-order valence-electron chi connectivity index (χ0n) is 9.81. The molecule has 0 aliphatic heterocycles. The van der Waals surface area contributed by atoms with Crippen molar-refractivity contribution in [3.63, 3.8) is 0 Å². The molecule has 1 N–H and O–H groups in total. The van der Waals surface area contributed by atoms with Gasteiger partial charge in [-0.2, -0.15) is 0 Å². The molecule has 0 amide bonds. The zero-order valence-corrected chi connectivity index (χ0v) is 9.81. The van der Waals surface area contributed by atoms with Crippen molar-refractivity contribution in [1.29, 1.82) is 0 Å². The van der Waals surface area contributed by atoms with Crippen LogP contribution in [0.2, 0.25) is 0 Å². The number of rotatable bonds is 1. The topological polar surface area (TPSA) is 46.5 Å². The van der Waals surface area contributed by atoms with Crippen LogP contribution in [0.1, 0.15) is 25.0 Å². The van der Waals surface area contributed by atoms with E-state index in [1.54, 1.807) is 0 Å². The maximum Gasteiger partial charge on any atom is 0.506 e. The van der Waals surface area contributed by atoms with Crippen molar-refractivity contribution >= 4 is 12.2 Å². The van der Waals surface area contributed by atoms with Gasteiger partial charge in [-0.3, -0.25) is 0 Å². The quantitative estimate of drug-likeness (QED) is 0.754. The molecule has 0 heterocycles. The summed E-state index contributed by atoms with van der Waals surface area (Å²) in [6.07, 6.45) is 2.67. The van der Waals surface area contributed by atoms with E-state index in [0.29, 0.717) is 0 Å². The minimum atomic E-state index is -1.20. The second-order valence-corrected chi connectivity index (χ2v) is 5.28. The first kappa shape index (κ1) is 10.4. The van der Waals surface area contributed by atoms with Gasteiger partial charge in [0.15, 0.2) is 0 Å². The van der Waals surface area contributed by atoms with E-state index in [9.17, 15) is 4.79 Å². The molecule has 3 nitrogen and oxygen atoms in total. The molecule has 3 rings (SSSR count). The van der Waals surface area contributed by atoms with Crippen molar-refractivity contribution in [2.75, 3.05) is 0 Å². The summed E-state index contributed by atoms with van der Waals surface area (Å²) in [7, 11) is 0. The number of fused-ring (bicyclic) bond motifs is 2.